The van der Waals surface area contributed by atoms with E-state index in [1.807, 2.05) is 66.7 Å². The lowest BCUT2D eigenvalue weighted by atomic mass is 9.73. The molecule has 0 amide bonds. The third-order valence-corrected chi connectivity index (χ3v) is 6.65. The summed E-state index contributed by atoms with van der Waals surface area (Å²) in [5, 5.41) is 11.2. The van der Waals surface area contributed by atoms with E-state index in [2.05, 4.69) is 0 Å². The quantitative estimate of drug-likeness (QED) is 0.400. The molecule has 184 valence electrons. The summed E-state index contributed by atoms with van der Waals surface area (Å²) in [4.78, 5) is 1.59. The fraction of sp³-hybridized carbons (Fsp3) is 0.310. The van der Waals surface area contributed by atoms with Crippen molar-refractivity contribution in [2.24, 2.45) is 0 Å². The van der Waals surface area contributed by atoms with E-state index in [4.69, 9.17) is 4.74 Å². The molecule has 0 spiro atoms. The Bertz CT molecular complexity index is 1200. The van der Waals surface area contributed by atoms with Crippen molar-refractivity contribution in [3.63, 3.8) is 0 Å². The highest BCUT2D eigenvalue weighted by molar-refractivity contribution is 5.71. The summed E-state index contributed by atoms with van der Waals surface area (Å²) in [6, 6.07) is 22.5. The molecule has 1 atom stereocenters. The molecule has 0 aliphatic carbocycles. The van der Waals surface area contributed by atoms with Gasteiger partial charge in [0, 0.05) is 17.8 Å². The summed E-state index contributed by atoms with van der Waals surface area (Å²) < 4.78 is 49.0. The van der Waals surface area contributed by atoms with Gasteiger partial charge in [0.15, 0.2) is 5.60 Å². The Hall–Kier alpha value is -3.25. The lowest BCUT2D eigenvalue weighted by Gasteiger charge is -2.42. The maximum Gasteiger partial charge on any atom is 0.418 e. The minimum atomic E-state index is -4.83. The number of hydrogen-bond acceptors (Lipinski definition) is 3. The van der Waals surface area contributed by atoms with E-state index in [9.17, 15) is 18.3 Å². The first-order valence-electron chi connectivity index (χ1n) is 11.6. The molecule has 4 rings (SSSR count). The van der Waals surface area contributed by atoms with Crippen LogP contribution in [0.25, 0.3) is 17.2 Å². The van der Waals surface area contributed by atoms with Crippen LogP contribution in [0.4, 0.5) is 18.9 Å². The molecule has 1 N–H and O–H groups in total. The first-order valence-corrected chi connectivity index (χ1v) is 11.6. The first-order chi connectivity index (χ1) is 16.5. The van der Waals surface area contributed by atoms with Crippen LogP contribution >= 0.6 is 0 Å². The molecule has 35 heavy (non-hydrogen) atoms. The van der Waals surface area contributed by atoms with E-state index >= 15 is 0 Å². The highest BCUT2D eigenvalue weighted by atomic mass is 19.4. The van der Waals surface area contributed by atoms with E-state index in [0.29, 0.717) is 23.5 Å². The third kappa shape index (κ3) is 5.08. The summed E-state index contributed by atoms with van der Waals surface area (Å²) >= 11 is 0. The van der Waals surface area contributed by atoms with E-state index < -0.39 is 30.2 Å². The predicted octanol–water partition coefficient (Wildman–Crippen LogP) is 6.86. The van der Waals surface area contributed by atoms with Crippen molar-refractivity contribution in [3.8, 4) is 16.9 Å². The second-order valence-corrected chi connectivity index (χ2v) is 9.71. The zero-order valence-electron chi connectivity index (χ0n) is 20.1. The molecule has 1 aliphatic rings. The molecule has 0 saturated heterocycles. The molecule has 0 saturated carbocycles. The maximum absolute atomic E-state index is 14.5. The molecule has 6 heteroatoms. The summed E-state index contributed by atoms with van der Waals surface area (Å²) in [7, 11) is 1.50. The Labute approximate surface area is 204 Å². The van der Waals surface area contributed by atoms with Crippen molar-refractivity contribution < 1.29 is 23.0 Å². The molecule has 1 aliphatic heterocycles. The minimum absolute atomic E-state index is 0.294. The lowest BCUT2D eigenvalue weighted by molar-refractivity contribution is -0.262. The van der Waals surface area contributed by atoms with Gasteiger partial charge in [0.2, 0.25) is 0 Å². The topological polar surface area (TPSA) is 32.7 Å². The van der Waals surface area contributed by atoms with Crippen molar-refractivity contribution in [1.82, 2.24) is 0 Å². The predicted molar refractivity (Wildman–Crippen MR) is 135 cm³/mol. The number of ether oxygens (including phenoxy) is 1. The molecule has 0 fully saturated rings. The first kappa shape index (κ1) is 24.9. The Morgan fingerprint density at radius 2 is 1.60 bits per heavy atom. The summed E-state index contributed by atoms with van der Waals surface area (Å²) in [6.07, 6.45) is -1.65. The van der Waals surface area contributed by atoms with Crippen LogP contribution in [0.5, 0.6) is 5.75 Å². The van der Waals surface area contributed by atoms with Crippen molar-refractivity contribution in [2.75, 3.05) is 25.1 Å². The Balaban J connectivity index is 1.70. The van der Waals surface area contributed by atoms with Crippen LogP contribution in [0.1, 0.15) is 31.4 Å². The standard InChI is InChI=1S/C29H30F3NO2/c1-27(2,24-18-23(15-16-26(24)35-3)21-10-5-4-6-11-21)19-28(34,29(30,31)32)20-33-17-9-13-22-12-7-8-14-25(22)33/h4-16,18,34H,17,19-20H2,1-3H3. The Morgan fingerprint density at radius 1 is 0.914 bits per heavy atom. The molecule has 3 aromatic carbocycles. The Morgan fingerprint density at radius 3 is 2.29 bits per heavy atom. The fourth-order valence-corrected chi connectivity index (χ4v) is 4.91. The zero-order chi connectivity index (χ0) is 25.3. The van der Waals surface area contributed by atoms with Gasteiger partial charge in [-0.15, -0.1) is 0 Å². The number of para-hydroxylation sites is 1. The second kappa shape index (κ2) is 9.42. The van der Waals surface area contributed by atoms with Gasteiger partial charge in [-0.3, -0.25) is 0 Å². The zero-order valence-corrected chi connectivity index (χ0v) is 20.1. The second-order valence-electron chi connectivity index (χ2n) is 9.71. The van der Waals surface area contributed by atoms with Crippen LogP contribution < -0.4 is 9.64 Å². The van der Waals surface area contributed by atoms with Gasteiger partial charge in [-0.25, -0.2) is 0 Å². The van der Waals surface area contributed by atoms with Crippen LogP contribution in [-0.2, 0) is 5.41 Å². The van der Waals surface area contributed by atoms with Crippen LogP contribution in [0.15, 0.2) is 78.9 Å². The molecule has 1 heterocycles. The third-order valence-electron chi connectivity index (χ3n) is 6.65. The summed E-state index contributed by atoms with van der Waals surface area (Å²) in [5.41, 5.74) is -0.0364. The average molecular weight is 482 g/mol. The van der Waals surface area contributed by atoms with Gasteiger partial charge < -0.3 is 14.7 Å². The van der Waals surface area contributed by atoms with Gasteiger partial charge in [0.1, 0.15) is 5.75 Å². The van der Waals surface area contributed by atoms with Gasteiger partial charge in [0.25, 0.3) is 0 Å². The SMILES string of the molecule is COc1ccc(-c2ccccc2)cc1C(C)(C)CC(O)(CN1CC=Cc2ccccc21)C(F)(F)F. The number of anilines is 1. The number of fused-ring (bicyclic) bond motifs is 1. The van der Waals surface area contributed by atoms with E-state index in [0.717, 1.165) is 16.7 Å². The fourth-order valence-electron chi connectivity index (χ4n) is 4.91. The summed E-state index contributed by atoms with van der Waals surface area (Å²) in [5.74, 6) is 0.491. The molecule has 0 aromatic heterocycles. The highest BCUT2D eigenvalue weighted by Crippen LogP contribution is 2.45. The summed E-state index contributed by atoms with van der Waals surface area (Å²) in [6.45, 7) is 3.17. The largest absolute Gasteiger partial charge is 0.496 e. The minimum Gasteiger partial charge on any atom is -0.496 e. The molecular formula is C29H30F3NO2. The molecule has 0 radical (unpaired) electrons. The van der Waals surface area contributed by atoms with E-state index in [1.54, 1.807) is 36.9 Å². The van der Waals surface area contributed by atoms with Crippen molar-refractivity contribution >= 4 is 11.8 Å². The number of hydrogen-bond donors (Lipinski definition) is 1. The van der Waals surface area contributed by atoms with Gasteiger partial charge in [0.05, 0.1) is 13.7 Å². The van der Waals surface area contributed by atoms with E-state index in [-0.39, 0.29) is 0 Å². The number of rotatable bonds is 7. The molecule has 1 unspecified atom stereocenters. The number of halogens is 3. The van der Waals surface area contributed by atoms with Crippen LogP contribution in [0, 0.1) is 0 Å². The number of nitrogens with zero attached hydrogens (tertiary/aromatic N) is 1. The number of benzene rings is 3. The van der Waals surface area contributed by atoms with Gasteiger partial charge >= 0.3 is 6.18 Å². The van der Waals surface area contributed by atoms with Crippen LogP contribution in [0.3, 0.4) is 0 Å². The van der Waals surface area contributed by atoms with Gasteiger partial charge in [-0.2, -0.15) is 13.2 Å². The van der Waals surface area contributed by atoms with E-state index in [1.165, 1.54) is 7.11 Å². The lowest BCUT2D eigenvalue weighted by Crippen LogP contribution is -2.56. The van der Waals surface area contributed by atoms with Gasteiger partial charge in [-0.05, 0) is 46.7 Å². The normalized spacial score (nSPS) is 15.5. The smallest absolute Gasteiger partial charge is 0.418 e. The number of aliphatic hydroxyl groups is 1. The maximum atomic E-state index is 14.5. The highest BCUT2D eigenvalue weighted by Gasteiger charge is 2.57. The molecule has 3 nitrogen and oxygen atoms in total. The van der Waals surface area contributed by atoms with Crippen molar-refractivity contribution in [1.29, 1.82) is 0 Å². The monoisotopic (exact) mass is 481 g/mol. The number of methoxy groups -OCH3 is 1. The molecule has 3 aromatic rings. The Kier molecular flexibility index (Phi) is 6.69. The van der Waals surface area contributed by atoms with Crippen LogP contribution in [0.2, 0.25) is 0 Å². The van der Waals surface area contributed by atoms with Gasteiger partial charge in [-0.1, -0.05) is 80.6 Å². The number of alkyl halides is 3. The molecular weight excluding hydrogens is 451 g/mol. The molecule has 0 bridgehead atoms. The average Bonchev–Trinajstić information content (AvgIpc) is 2.83. The van der Waals surface area contributed by atoms with Crippen molar-refractivity contribution in [2.45, 2.75) is 37.5 Å². The van der Waals surface area contributed by atoms with Crippen LogP contribution in [-0.4, -0.2) is 37.1 Å². The number of β-amino-alcohol motifs (C(OH)–C–C–N with tert-alkyl or cyclic N) is 1. The van der Waals surface area contributed by atoms with Crippen molar-refractivity contribution in [3.05, 3.63) is 90.0 Å².